The Balaban J connectivity index is 1.59. The fourth-order valence-corrected chi connectivity index (χ4v) is 3.17. The molecule has 1 aliphatic heterocycles. The van der Waals surface area contributed by atoms with Gasteiger partial charge in [0.1, 0.15) is 11.6 Å². The van der Waals surface area contributed by atoms with E-state index in [0.29, 0.717) is 6.42 Å². The first kappa shape index (κ1) is 15.8. The minimum absolute atomic E-state index is 0.0246. The summed E-state index contributed by atoms with van der Waals surface area (Å²) in [5.74, 6) is -1.72. The van der Waals surface area contributed by atoms with Crippen LogP contribution in [0.2, 0.25) is 0 Å². The Morgan fingerprint density at radius 3 is 2.83 bits per heavy atom. The van der Waals surface area contributed by atoms with Crippen molar-refractivity contribution >= 4 is 5.78 Å². The van der Waals surface area contributed by atoms with Gasteiger partial charge in [-0.25, -0.2) is 8.78 Å². The summed E-state index contributed by atoms with van der Waals surface area (Å²) in [4.78, 5) is 12.1. The van der Waals surface area contributed by atoms with Gasteiger partial charge in [-0.2, -0.15) is 0 Å². The highest BCUT2D eigenvalue weighted by Crippen LogP contribution is 2.27. The number of nitrogens with one attached hydrogen (secondary N) is 1. The number of hydrogen-bond acceptors (Lipinski definition) is 2. The summed E-state index contributed by atoms with van der Waals surface area (Å²) in [6, 6.07) is 11.7. The second-order valence-corrected chi connectivity index (χ2v) is 5.90. The number of ketones is 1. The molecule has 1 heterocycles. The standard InChI is InChI=1S/C19H19F2NO/c20-14-8-9-16(17(21)12-14)19(23)7-3-6-18-15-5-2-1-4-13(15)10-11-22-18/h1-2,4-5,8-9,12,18,22H,3,6-7,10-11H2. The summed E-state index contributed by atoms with van der Waals surface area (Å²) in [5, 5.41) is 3.47. The summed E-state index contributed by atoms with van der Waals surface area (Å²) in [5.41, 5.74) is 2.62. The lowest BCUT2D eigenvalue weighted by Crippen LogP contribution is -2.29. The lowest BCUT2D eigenvalue weighted by molar-refractivity contribution is 0.0974. The molecule has 120 valence electrons. The Morgan fingerprint density at radius 1 is 1.17 bits per heavy atom. The largest absolute Gasteiger partial charge is 0.310 e. The maximum Gasteiger partial charge on any atom is 0.165 e. The van der Waals surface area contributed by atoms with Crippen LogP contribution < -0.4 is 5.32 Å². The first-order valence-corrected chi connectivity index (χ1v) is 7.94. The molecule has 0 spiro atoms. The van der Waals surface area contributed by atoms with Crippen LogP contribution in [-0.4, -0.2) is 12.3 Å². The van der Waals surface area contributed by atoms with Crippen molar-refractivity contribution in [2.45, 2.75) is 31.7 Å². The molecule has 0 aliphatic carbocycles. The van der Waals surface area contributed by atoms with Crippen LogP contribution in [0.4, 0.5) is 8.78 Å². The minimum Gasteiger partial charge on any atom is -0.310 e. The van der Waals surface area contributed by atoms with Crippen LogP contribution in [0.3, 0.4) is 0 Å². The zero-order valence-corrected chi connectivity index (χ0v) is 12.8. The van der Waals surface area contributed by atoms with Crippen molar-refractivity contribution in [1.29, 1.82) is 0 Å². The van der Waals surface area contributed by atoms with Crippen molar-refractivity contribution in [2.24, 2.45) is 0 Å². The molecule has 0 saturated carbocycles. The van der Waals surface area contributed by atoms with Gasteiger partial charge in [-0.1, -0.05) is 24.3 Å². The second kappa shape index (κ2) is 7.01. The third-order valence-electron chi connectivity index (χ3n) is 4.34. The molecule has 0 aromatic heterocycles. The molecule has 23 heavy (non-hydrogen) atoms. The molecular weight excluding hydrogens is 296 g/mol. The van der Waals surface area contributed by atoms with Crippen LogP contribution in [0.25, 0.3) is 0 Å². The molecular formula is C19H19F2NO. The molecule has 1 unspecified atom stereocenters. The van der Waals surface area contributed by atoms with E-state index in [1.807, 2.05) is 12.1 Å². The van der Waals surface area contributed by atoms with Crippen molar-refractivity contribution in [3.05, 3.63) is 70.8 Å². The van der Waals surface area contributed by atoms with Crippen LogP contribution in [0.5, 0.6) is 0 Å². The zero-order valence-electron chi connectivity index (χ0n) is 12.8. The smallest absolute Gasteiger partial charge is 0.165 e. The minimum atomic E-state index is -0.781. The van der Waals surface area contributed by atoms with Crippen molar-refractivity contribution in [1.82, 2.24) is 5.32 Å². The highest BCUT2D eigenvalue weighted by atomic mass is 19.1. The van der Waals surface area contributed by atoms with Gasteiger partial charge >= 0.3 is 0 Å². The monoisotopic (exact) mass is 315 g/mol. The van der Waals surface area contributed by atoms with E-state index in [0.717, 1.165) is 31.5 Å². The molecule has 0 radical (unpaired) electrons. The molecule has 0 bridgehead atoms. The van der Waals surface area contributed by atoms with E-state index in [2.05, 4.69) is 17.4 Å². The summed E-state index contributed by atoms with van der Waals surface area (Å²) in [6.45, 7) is 0.933. The van der Waals surface area contributed by atoms with E-state index < -0.39 is 11.6 Å². The van der Waals surface area contributed by atoms with Gasteiger partial charge in [-0.15, -0.1) is 0 Å². The van der Waals surface area contributed by atoms with E-state index >= 15 is 0 Å². The van der Waals surface area contributed by atoms with Gasteiger partial charge in [0.15, 0.2) is 5.78 Å². The van der Waals surface area contributed by atoms with E-state index in [1.165, 1.54) is 17.2 Å². The quantitative estimate of drug-likeness (QED) is 0.838. The van der Waals surface area contributed by atoms with Crippen LogP contribution in [0, 0.1) is 11.6 Å². The average Bonchev–Trinajstić information content (AvgIpc) is 2.55. The van der Waals surface area contributed by atoms with Gasteiger partial charge in [0.05, 0.1) is 5.56 Å². The van der Waals surface area contributed by atoms with Crippen molar-refractivity contribution < 1.29 is 13.6 Å². The summed E-state index contributed by atoms with van der Waals surface area (Å²) in [7, 11) is 0. The number of halogens is 2. The first-order valence-electron chi connectivity index (χ1n) is 7.94. The number of benzene rings is 2. The summed E-state index contributed by atoms with van der Waals surface area (Å²) < 4.78 is 26.5. The lowest BCUT2D eigenvalue weighted by atomic mass is 9.91. The van der Waals surface area contributed by atoms with Crippen LogP contribution >= 0.6 is 0 Å². The van der Waals surface area contributed by atoms with Crippen LogP contribution in [-0.2, 0) is 6.42 Å². The molecule has 4 heteroatoms. The number of fused-ring (bicyclic) bond motifs is 1. The van der Waals surface area contributed by atoms with Crippen molar-refractivity contribution in [3.8, 4) is 0 Å². The highest BCUT2D eigenvalue weighted by Gasteiger charge is 2.19. The number of rotatable bonds is 5. The molecule has 1 aliphatic rings. The normalized spacial score (nSPS) is 16.9. The highest BCUT2D eigenvalue weighted by molar-refractivity contribution is 5.96. The maximum absolute atomic E-state index is 13.6. The Bertz CT molecular complexity index is 714. The fraction of sp³-hybridized carbons (Fsp3) is 0.316. The predicted molar refractivity (Wildman–Crippen MR) is 85.4 cm³/mol. The Kier molecular flexibility index (Phi) is 4.82. The van der Waals surface area contributed by atoms with E-state index in [9.17, 15) is 13.6 Å². The lowest BCUT2D eigenvalue weighted by Gasteiger charge is -2.26. The van der Waals surface area contributed by atoms with Gasteiger partial charge in [0.2, 0.25) is 0 Å². The molecule has 2 aromatic rings. The molecule has 2 aromatic carbocycles. The van der Waals surface area contributed by atoms with Gasteiger partial charge in [-0.05, 0) is 49.1 Å². The third kappa shape index (κ3) is 3.64. The number of carbonyl (C=O) groups is 1. The Hall–Kier alpha value is -2.07. The number of carbonyl (C=O) groups excluding carboxylic acids is 1. The Labute approximate surface area is 134 Å². The van der Waals surface area contributed by atoms with E-state index in [-0.39, 0.29) is 23.8 Å². The predicted octanol–water partition coefficient (Wildman–Crippen LogP) is 4.20. The molecule has 0 amide bonds. The Morgan fingerprint density at radius 2 is 2.00 bits per heavy atom. The molecule has 1 atom stereocenters. The maximum atomic E-state index is 13.6. The fourth-order valence-electron chi connectivity index (χ4n) is 3.17. The van der Waals surface area contributed by atoms with Gasteiger partial charge in [-0.3, -0.25) is 4.79 Å². The van der Waals surface area contributed by atoms with E-state index in [1.54, 1.807) is 0 Å². The van der Waals surface area contributed by atoms with Crippen LogP contribution in [0.15, 0.2) is 42.5 Å². The third-order valence-corrected chi connectivity index (χ3v) is 4.34. The van der Waals surface area contributed by atoms with Gasteiger partial charge in [0, 0.05) is 18.5 Å². The molecule has 0 fully saturated rings. The molecule has 0 saturated heterocycles. The molecule has 3 rings (SSSR count). The van der Waals surface area contributed by atoms with Gasteiger partial charge < -0.3 is 5.32 Å². The summed E-state index contributed by atoms with van der Waals surface area (Å²) in [6.07, 6.45) is 2.78. The number of Topliss-reactive ketones (excluding diaryl/α,β-unsaturated/α-hetero) is 1. The van der Waals surface area contributed by atoms with Crippen molar-refractivity contribution in [2.75, 3.05) is 6.54 Å². The van der Waals surface area contributed by atoms with Crippen molar-refractivity contribution in [3.63, 3.8) is 0 Å². The second-order valence-electron chi connectivity index (χ2n) is 5.90. The SMILES string of the molecule is O=C(CCCC1NCCc2ccccc21)c1ccc(F)cc1F. The summed E-state index contributed by atoms with van der Waals surface area (Å²) >= 11 is 0. The topological polar surface area (TPSA) is 29.1 Å². The average molecular weight is 315 g/mol. The zero-order chi connectivity index (χ0) is 16.2. The number of hydrogen-bond donors (Lipinski definition) is 1. The molecule has 2 nitrogen and oxygen atoms in total. The van der Waals surface area contributed by atoms with Gasteiger partial charge in [0.25, 0.3) is 0 Å². The first-order chi connectivity index (χ1) is 11.1. The van der Waals surface area contributed by atoms with E-state index in [4.69, 9.17) is 0 Å². The van der Waals surface area contributed by atoms with Crippen LogP contribution in [0.1, 0.15) is 46.8 Å². The molecule has 1 N–H and O–H groups in total.